The molecule has 0 spiro atoms. The average molecular weight is 294 g/mol. The SMILES string of the molecule is CCOC(CC)(CC)c1nc(C)c(CCC(=O)O)c(C)n1. The number of carboxylic acid groups (broad SMARTS) is 1. The monoisotopic (exact) mass is 294 g/mol. The molecule has 0 saturated heterocycles. The molecule has 0 bridgehead atoms. The number of nitrogens with zero attached hydrogens (tertiary/aromatic N) is 2. The van der Waals surface area contributed by atoms with Crippen LogP contribution in [-0.4, -0.2) is 27.7 Å². The normalized spacial score (nSPS) is 11.7. The molecule has 0 aromatic carbocycles. The van der Waals surface area contributed by atoms with E-state index >= 15 is 0 Å². The molecule has 0 radical (unpaired) electrons. The maximum Gasteiger partial charge on any atom is 0.303 e. The molecule has 0 amide bonds. The first-order chi connectivity index (χ1) is 9.90. The van der Waals surface area contributed by atoms with E-state index in [2.05, 4.69) is 23.8 Å². The predicted octanol–water partition coefficient (Wildman–Crippen LogP) is 3.16. The summed E-state index contributed by atoms with van der Waals surface area (Å²) >= 11 is 0. The quantitative estimate of drug-likeness (QED) is 0.797. The molecule has 1 aromatic heterocycles. The van der Waals surface area contributed by atoms with Gasteiger partial charge >= 0.3 is 5.97 Å². The zero-order valence-electron chi connectivity index (χ0n) is 13.7. The van der Waals surface area contributed by atoms with Crippen LogP contribution < -0.4 is 0 Å². The Morgan fingerprint density at radius 1 is 1.14 bits per heavy atom. The second-order valence-corrected chi connectivity index (χ2v) is 5.22. The van der Waals surface area contributed by atoms with Gasteiger partial charge in [-0.15, -0.1) is 0 Å². The molecule has 1 heterocycles. The van der Waals surface area contributed by atoms with Crippen molar-refractivity contribution in [3.05, 3.63) is 22.8 Å². The van der Waals surface area contributed by atoms with Crippen LogP contribution in [0.2, 0.25) is 0 Å². The van der Waals surface area contributed by atoms with Crippen molar-refractivity contribution in [2.24, 2.45) is 0 Å². The molecule has 0 aliphatic heterocycles. The fourth-order valence-electron chi connectivity index (χ4n) is 2.65. The molecule has 21 heavy (non-hydrogen) atoms. The first-order valence-corrected chi connectivity index (χ1v) is 7.60. The molecule has 0 atom stereocenters. The van der Waals surface area contributed by atoms with Crippen molar-refractivity contribution in [3.63, 3.8) is 0 Å². The summed E-state index contributed by atoms with van der Waals surface area (Å²) in [7, 11) is 0. The second kappa shape index (κ2) is 7.50. The highest BCUT2D eigenvalue weighted by Gasteiger charge is 2.33. The molecule has 5 nitrogen and oxygen atoms in total. The molecule has 1 rings (SSSR count). The predicted molar refractivity (Wildman–Crippen MR) is 81.3 cm³/mol. The standard InChI is InChI=1S/C16H26N2O3/c1-6-16(7-2,21-8-3)15-17-11(4)13(12(5)18-15)9-10-14(19)20/h6-10H2,1-5H3,(H,19,20). The third kappa shape index (κ3) is 4.00. The molecule has 118 valence electrons. The van der Waals surface area contributed by atoms with Crippen molar-refractivity contribution in [2.45, 2.75) is 65.9 Å². The number of carbonyl (C=O) groups is 1. The van der Waals surface area contributed by atoms with E-state index in [4.69, 9.17) is 9.84 Å². The smallest absolute Gasteiger partial charge is 0.303 e. The minimum atomic E-state index is -0.802. The second-order valence-electron chi connectivity index (χ2n) is 5.22. The Kier molecular flexibility index (Phi) is 6.27. The molecule has 1 aromatic rings. The molecule has 0 saturated carbocycles. The number of rotatable bonds is 8. The maximum atomic E-state index is 10.7. The van der Waals surface area contributed by atoms with Crippen molar-refractivity contribution in [1.29, 1.82) is 0 Å². The summed E-state index contributed by atoms with van der Waals surface area (Å²) in [5, 5.41) is 8.83. The van der Waals surface area contributed by atoms with Crippen LogP contribution in [0.15, 0.2) is 0 Å². The van der Waals surface area contributed by atoms with Crippen LogP contribution in [0.3, 0.4) is 0 Å². The van der Waals surface area contributed by atoms with E-state index < -0.39 is 11.6 Å². The zero-order chi connectivity index (χ0) is 16.0. The average Bonchev–Trinajstić information content (AvgIpc) is 2.43. The fourth-order valence-corrected chi connectivity index (χ4v) is 2.65. The lowest BCUT2D eigenvalue weighted by Gasteiger charge is -2.30. The summed E-state index contributed by atoms with van der Waals surface area (Å²) in [6, 6.07) is 0. The first kappa shape index (κ1) is 17.6. The van der Waals surface area contributed by atoms with Crippen molar-refractivity contribution < 1.29 is 14.6 Å². The lowest BCUT2D eigenvalue weighted by molar-refractivity contribution is -0.136. The lowest BCUT2D eigenvalue weighted by Crippen LogP contribution is -2.31. The molecule has 1 N–H and O–H groups in total. The number of hydrogen-bond acceptors (Lipinski definition) is 4. The minimum absolute atomic E-state index is 0.0997. The molecular formula is C16H26N2O3. The van der Waals surface area contributed by atoms with Gasteiger partial charge in [0.25, 0.3) is 0 Å². The van der Waals surface area contributed by atoms with E-state index in [9.17, 15) is 4.79 Å². The van der Waals surface area contributed by atoms with Gasteiger partial charge in [0.1, 0.15) is 5.60 Å². The number of aromatic nitrogens is 2. The highest BCUT2D eigenvalue weighted by atomic mass is 16.5. The van der Waals surface area contributed by atoms with Crippen LogP contribution in [0.25, 0.3) is 0 Å². The van der Waals surface area contributed by atoms with Gasteiger partial charge in [-0.25, -0.2) is 9.97 Å². The summed E-state index contributed by atoms with van der Waals surface area (Å²) in [4.78, 5) is 20.0. The third-order valence-corrected chi connectivity index (χ3v) is 3.98. The number of aliphatic carboxylic acids is 1. The molecule has 5 heteroatoms. The van der Waals surface area contributed by atoms with Crippen LogP contribution in [-0.2, 0) is 21.6 Å². The van der Waals surface area contributed by atoms with Crippen LogP contribution in [0.5, 0.6) is 0 Å². The van der Waals surface area contributed by atoms with Gasteiger partial charge in [-0.05, 0) is 45.6 Å². The summed E-state index contributed by atoms with van der Waals surface area (Å²) < 4.78 is 5.94. The number of hydrogen-bond donors (Lipinski definition) is 1. The van der Waals surface area contributed by atoms with E-state index in [1.54, 1.807) is 0 Å². The molecule has 0 unspecified atom stereocenters. The Morgan fingerprint density at radius 3 is 2.05 bits per heavy atom. The van der Waals surface area contributed by atoms with Gasteiger partial charge in [0.15, 0.2) is 5.82 Å². The Morgan fingerprint density at radius 2 is 1.67 bits per heavy atom. The Balaban J connectivity index is 3.19. The van der Waals surface area contributed by atoms with E-state index in [0.717, 1.165) is 29.8 Å². The lowest BCUT2D eigenvalue weighted by atomic mass is 9.95. The zero-order valence-corrected chi connectivity index (χ0v) is 13.7. The van der Waals surface area contributed by atoms with E-state index in [1.807, 2.05) is 20.8 Å². The van der Waals surface area contributed by atoms with Crippen LogP contribution >= 0.6 is 0 Å². The van der Waals surface area contributed by atoms with Gasteiger partial charge in [-0.1, -0.05) is 13.8 Å². The van der Waals surface area contributed by atoms with Crippen molar-refractivity contribution >= 4 is 5.97 Å². The van der Waals surface area contributed by atoms with Crippen molar-refractivity contribution in [1.82, 2.24) is 9.97 Å². The number of aryl methyl sites for hydroxylation is 2. The maximum absolute atomic E-state index is 10.7. The Labute approximate surface area is 126 Å². The van der Waals surface area contributed by atoms with Crippen LogP contribution in [0, 0.1) is 13.8 Å². The van der Waals surface area contributed by atoms with Crippen molar-refractivity contribution in [3.8, 4) is 0 Å². The topological polar surface area (TPSA) is 72.3 Å². The van der Waals surface area contributed by atoms with E-state index in [1.165, 1.54) is 0 Å². The summed E-state index contributed by atoms with van der Waals surface area (Å²) in [6.07, 6.45) is 2.19. The van der Waals surface area contributed by atoms with Crippen LogP contribution in [0.1, 0.15) is 62.8 Å². The highest BCUT2D eigenvalue weighted by Crippen LogP contribution is 2.31. The molecular weight excluding hydrogens is 268 g/mol. The highest BCUT2D eigenvalue weighted by molar-refractivity contribution is 5.67. The van der Waals surface area contributed by atoms with Gasteiger partial charge in [0.05, 0.1) is 0 Å². The number of carboxylic acids is 1. The van der Waals surface area contributed by atoms with Gasteiger partial charge in [0, 0.05) is 24.4 Å². The molecule has 0 fully saturated rings. The first-order valence-electron chi connectivity index (χ1n) is 7.60. The summed E-state index contributed by atoms with van der Waals surface area (Å²) in [5.74, 6) is -0.0907. The molecule has 0 aliphatic carbocycles. The Hall–Kier alpha value is -1.49. The van der Waals surface area contributed by atoms with Crippen molar-refractivity contribution in [2.75, 3.05) is 6.61 Å². The van der Waals surface area contributed by atoms with E-state index in [0.29, 0.717) is 18.9 Å². The minimum Gasteiger partial charge on any atom is -0.481 e. The van der Waals surface area contributed by atoms with E-state index in [-0.39, 0.29) is 6.42 Å². The fraction of sp³-hybridized carbons (Fsp3) is 0.688. The third-order valence-electron chi connectivity index (χ3n) is 3.98. The summed E-state index contributed by atoms with van der Waals surface area (Å²) in [6.45, 7) is 10.6. The van der Waals surface area contributed by atoms with Gasteiger partial charge in [-0.3, -0.25) is 4.79 Å². The Bertz CT molecular complexity index is 473. The van der Waals surface area contributed by atoms with Crippen LogP contribution in [0.4, 0.5) is 0 Å². The van der Waals surface area contributed by atoms with Gasteiger partial charge in [0.2, 0.25) is 0 Å². The molecule has 0 aliphatic rings. The number of ether oxygens (including phenoxy) is 1. The summed E-state index contributed by atoms with van der Waals surface area (Å²) in [5.41, 5.74) is 2.18. The largest absolute Gasteiger partial charge is 0.481 e. The van der Waals surface area contributed by atoms with Gasteiger partial charge < -0.3 is 9.84 Å². The van der Waals surface area contributed by atoms with Gasteiger partial charge in [-0.2, -0.15) is 0 Å².